The Hall–Kier alpha value is -3.32. The molecule has 1 aliphatic heterocycles. The molecule has 0 bridgehead atoms. The SMILES string of the molecule is Cc1nc(C2(C#Cc3ccc4c(c3)-c3nc(C(N)=O)sc3C(F)(F)CO4)CC2)no1. The van der Waals surface area contributed by atoms with E-state index < -0.39 is 23.9 Å². The minimum atomic E-state index is -3.29. The summed E-state index contributed by atoms with van der Waals surface area (Å²) in [5.41, 5.74) is 5.74. The summed E-state index contributed by atoms with van der Waals surface area (Å²) in [5.74, 6) is 3.39. The van der Waals surface area contributed by atoms with E-state index in [1.165, 1.54) is 0 Å². The number of fused-ring (bicyclic) bond motifs is 3. The van der Waals surface area contributed by atoms with E-state index in [2.05, 4.69) is 27.0 Å². The van der Waals surface area contributed by atoms with E-state index in [9.17, 15) is 13.6 Å². The summed E-state index contributed by atoms with van der Waals surface area (Å²) in [6.07, 6.45) is 1.63. The topological polar surface area (TPSA) is 104 Å². The lowest BCUT2D eigenvalue weighted by atomic mass is 10.0. The largest absolute Gasteiger partial charge is 0.486 e. The lowest BCUT2D eigenvalue weighted by molar-refractivity contribution is -0.0412. The quantitative estimate of drug-likeness (QED) is 0.629. The predicted octanol–water partition coefficient (Wildman–Crippen LogP) is 3.17. The molecular weight excluding hydrogens is 414 g/mol. The fourth-order valence-electron chi connectivity index (χ4n) is 3.22. The highest BCUT2D eigenvalue weighted by atomic mass is 32.1. The molecule has 1 aromatic carbocycles. The van der Waals surface area contributed by atoms with Crippen molar-refractivity contribution in [1.82, 2.24) is 15.1 Å². The van der Waals surface area contributed by atoms with Crippen LogP contribution >= 0.6 is 11.3 Å². The van der Waals surface area contributed by atoms with Crippen LogP contribution < -0.4 is 10.5 Å². The molecule has 30 heavy (non-hydrogen) atoms. The molecule has 1 amide bonds. The molecule has 2 aliphatic rings. The monoisotopic (exact) mass is 428 g/mol. The van der Waals surface area contributed by atoms with Gasteiger partial charge in [-0.2, -0.15) is 13.8 Å². The van der Waals surface area contributed by atoms with Crippen LogP contribution in [0.5, 0.6) is 5.75 Å². The molecule has 1 fully saturated rings. The van der Waals surface area contributed by atoms with E-state index >= 15 is 0 Å². The number of nitrogens with two attached hydrogens (primary N) is 1. The normalized spacial score (nSPS) is 17.6. The van der Waals surface area contributed by atoms with Crippen molar-refractivity contribution in [2.45, 2.75) is 31.1 Å². The van der Waals surface area contributed by atoms with Gasteiger partial charge in [-0.15, -0.1) is 11.3 Å². The van der Waals surface area contributed by atoms with Crippen molar-refractivity contribution >= 4 is 17.2 Å². The van der Waals surface area contributed by atoms with Crippen LogP contribution in [-0.4, -0.2) is 27.6 Å². The van der Waals surface area contributed by atoms with Crippen LogP contribution in [0.2, 0.25) is 0 Å². The van der Waals surface area contributed by atoms with Crippen LogP contribution in [0.3, 0.4) is 0 Å². The molecule has 1 saturated carbocycles. The van der Waals surface area contributed by atoms with Gasteiger partial charge in [-0.1, -0.05) is 17.0 Å². The van der Waals surface area contributed by atoms with Crippen molar-refractivity contribution in [1.29, 1.82) is 0 Å². The van der Waals surface area contributed by atoms with Crippen LogP contribution in [0.1, 0.15) is 44.8 Å². The Kier molecular flexibility index (Phi) is 3.95. The second-order valence-electron chi connectivity index (χ2n) is 7.23. The molecule has 1 aliphatic carbocycles. The minimum Gasteiger partial charge on any atom is -0.486 e. The van der Waals surface area contributed by atoms with E-state index in [0.717, 1.165) is 12.8 Å². The molecule has 152 valence electrons. The Bertz CT molecular complexity index is 1250. The first-order valence-corrected chi connectivity index (χ1v) is 9.89. The molecule has 0 atom stereocenters. The van der Waals surface area contributed by atoms with Crippen LogP contribution in [0.4, 0.5) is 8.78 Å². The number of benzene rings is 1. The van der Waals surface area contributed by atoms with Crippen molar-refractivity contribution in [3.05, 3.63) is 45.4 Å². The smallest absolute Gasteiger partial charge is 0.317 e. The maximum Gasteiger partial charge on any atom is 0.317 e. The van der Waals surface area contributed by atoms with Crippen LogP contribution in [-0.2, 0) is 11.3 Å². The summed E-state index contributed by atoms with van der Waals surface area (Å²) < 4.78 is 39.4. The highest BCUT2D eigenvalue weighted by molar-refractivity contribution is 7.14. The highest BCUT2D eigenvalue weighted by Crippen LogP contribution is 2.47. The second kappa shape index (κ2) is 6.34. The molecule has 0 saturated heterocycles. The number of carbonyl (C=O) groups excluding carboxylic acids is 1. The lowest BCUT2D eigenvalue weighted by Gasteiger charge is -2.12. The maximum absolute atomic E-state index is 14.5. The van der Waals surface area contributed by atoms with Crippen molar-refractivity contribution in [3.63, 3.8) is 0 Å². The van der Waals surface area contributed by atoms with E-state index in [-0.39, 0.29) is 21.3 Å². The van der Waals surface area contributed by atoms with Gasteiger partial charge in [-0.3, -0.25) is 4.79 Å². The molecule has 0 spiro atoms. The standard InChI is InChI=1S/C20H14F2N4O3S/c1-10-24-18(26-29-10)19(6-7-19)5-4-11-2-3-13-12(8-11)14-15(20(21,22)9-28-13)30-17(25-14)16(23)27/h2-3,8H,6-7,9H2,1H3,(H2,23,27). The number of nitrogens with zero attached hydrogens (tertiary/aromatic N) is 3. The Morgan fingerprint density at radius 2 is 2.10 bits per heavy atom. The van der Waals surface area contributed by atoms with Gasteiger partial charge in [0.15, 0.2) is 17.4 Å². The Balaban J connectivity index is 1.57. The number of alkyl halides is 2. The third kappa shape index (κ3) is 3.02. The van der Waals surface area contributed by atoms with E-state index in [1.54, 1.807) is 25.1 Å². The van der Waals surface area contributed by atoms with Gasteiger partial charge in [0, 0.05) is 18.1 Å². The first kappa shape index (κ1) is 18.7. The average molecular weight is 428 g/mol. The summed E-state index contributed by atoms with van der Waals surface area (Å²) in [7, 11) is 0. The van der Waals surface area contributed by atoms with E-state index in [4.69, 9.17) is 15.0 Å². The molecule has 3 aromatic rings. The number of rotatable bonds is 2. The van der Waals surface area contributed by atoms with Gasteiger partial charge in [-0.05, 0) is 31.0 Å². The molecule has 2 N–H and O–H groups in total. The number of carbonyl (C=O) groups is 1. The number of aromatic nitrogens is 3. The zero-order chi connectivity index (χ0) is 21.1. The zero-order valence-corrected chi connectivity index (χ0v) is 16.5. The van der Waals surface area contributed by atoms with Gasteiger partial charge in [0.25, 0.3) is 5.91 Å². The predicted molar refractivity (Wildman–Crippen MR) is 102 cm³/mol. The fourth-order valence-corrected chi connectivity index (χ4v) is 4.11. The van der Waals surface area contributed by atoms with Crippen molar-refractivity contribution in [2.75, 3.05) is 6.61 Å². The Morgan fingerprint density at radius 1 is 1.30 bits per heavy atom. The third-order valence-corrected chi connectivity index (χ3v) is 6.15. The summed E-state index contributed by atoms with van der Waals surface area (Å²) in [6.45, 7) is 0.868. The first-order valence-electron chi connectivity index (χ1n) is 9.08. The number of hydrogen-bond acceptors (Lipinski definition) is 7. The molecular formula is C20H14F2N4O3S. The number of halogens is 2. The van der Waals surface area contributed by atoms with Gasteiger partial charge in [-0.25, -0.2) is 4.98 Å². The van der Waals surface area contributed by atoms with E-state index in [1.807, 2.05) is 0 Å². The van der Waals surface area contributed by atoms with Gasteiger partial charge < -0.3 is 15.0 Å². The highest BCUT2D eigenvalue weighted by Gasteiger charge is 2.47. The second-order valence-corrected chi connectivity index (χ2v) is 8.23. The maximum atomic E-state index is 14.5. The number of ether oxygens (including phenoxy) is 1. The molecule has 2 aromatic heterocycles. The first-order chi connectivity index (χ1) is 14.3. The molecule has 0 radical (unpaired) electrons. The van der Waals surface area contributed by atoms with Crippen LogP contribution in [0.15, 0.2) is 22.7 Å². The lowest BCUT2D eigenvalue weighted by Crippen LogP contribution is -2.20. The summed E-state index contributed by atoms with van der Waals surface area (Å²) >= 11 is 0.582. The van der Waals surface area contributed by atoms with Crippen molar-refractivity contribution in [3.8, 4) is 28.8 Å². The number of amides is 1. The molecule has 5 rings (SSSR count). The summed E-state index contributed by atoms with van der Waals surface area (Å²) in [4.78, 5) is 19.5. The fraction of sp³-hybridized carbons (Fsp3) is 0.300. The summed E-state index contributed by atoms with van der Waals surface area (Å²) in [5, 5.41) is 3.79. The van der Waals surface area contributed by atoms with Gasteiger partial charge in [0.1, 0.15) is 10.6 Å². The van der Waals surface area contributed by atoms with Gasteiger partial charge in [0.2, 0.25) is 5.89 Å². The van der Waals surface area contributed by atoms with E-state index in [0.29, 0.717) is 34.2 Å². The van der Waals surface area contributed by atoms with Crippen LogP contribution in [0.25, 0.3) is 11.3 Å². The Labute approximate surface area is 173 Å². The number of thiazole rings is 1. The molecule has 7 nitrogen and oxygen atoms in total. The third-order valence-electron chi connectivity index (χ3n) is 4.97. The Morgan fingerprint density at radius 3 is 2.77 bits per heavy atom. The van der Waals surface area contributed by atoms with Gasteiger partial charge in [0.05, 0.1) is 11.1 Å². The average Bonchev–Trinajstić information content (AvgIpc) is 3.16. The van der Waals surface area contributed by atoms with Crippen molar-refractivity contribution < 1.29 is 22.8 Å². The number of hydrogen-bond donors (Lipinski definition) is 1. The molecule has 3 heterocycles. The molecule has 10 heteroatoms. The van der Waals surface area contributed by atoms with Crippen LogP contribution in [0, 0.1) is 18.8 Å². The molecule has 0 unspecified atom stereocenters. The minimum absolute atomic E-state index is 0.00937. The summed E-state index contributed by atoms with van der Waals surface area (Å²) in [6, 6.07) is 4.89. The number of primary amides is 1. The van der Waals surface area contributed by atoms with Crippen molar-refractivity contribution in [2.24, 2.45) is 5.73 Å². The zero-order valence-electron chi connectivity index (χ0n) is 15.7. The number of aryl methyl sites for hydroxylation is 1. The van der Waals surface area contributed by atoms with Gasteiger partial charge >= 0.3 is 5.92 Å².